The van der Waals surface area contributed by atoms with E-state index >= 15 is 0 Å². The van der Waals surface area contributed by atoms with Crippen LogP contribution < -0.4 is 0 Å². The van der Waals surface area contributed by atoms with Crippen LogP contribution in [0.15, 0.2) is 0 Å². The van der Waals surface area contributed by atoms with Crippen molar-refractivity contribution in [1.29, 1.82) is 0 Å². The van der Waals surface area contributed by atoms with E-state index in [1.165, 1.54) is 0 Å². The van der Waals surface area contributed by atoms with Crippen molar-refractivity contribution in [2.75, 3.05) is 6.61 Å². The van der Waals surface area contributed by atoms with E-state index in [9.17, 15) is 0 Å². The minimum Gasteiger partial charge on any atom is -0.362 e. The lowest BCUT2D eigenvalue weighted by Gasteiger charge is -2.00. The maximum absolute atomic E-state index is 8.70. The van der Waals surface area contributed by atoms with Crippen molar-refractivity contribution < 1.29 is 19.7 Å². The number of rotatable bonds is 2. The molecule has 0 aliphatic carbocycles. The van der Waals surface area contributed by atoms with Crippen LogP contribution in [0.4, 0.5) is 0 Å². The molecule has 4 heteroatoms. The zero-order valence-electron chi connectivity index (χ0n) is 4.50. The maximum Gasteiger partial charge on any atom is 0.337 e. The topological polar surface area (TPSA) is 62.2 Å². The molecule has 0 aromatic rings. The molecule has 2 atom stereocenters. The number of hydrogen-bond acceptors (Lipinski definition) is 4. The number of hydrogen-bond donors (Lipinski definition) is 2. The Morgan fingerprint density at radius 1 is 1.88 bits per heavy atom. The van der Waals surface area contributed by atoms with Crippen LogP contribution in [0.1, 0.15) is 6.92 Å². The second-order valence-corrected chi connectivity index (χ2v) is 1.53. The molecule has 2 N–H and O–H groups in total. The molecule has 4 nitrogen and oxygen atoms in total. The van der Waals surface area contributed by atoms with E-state index in [-0.39, 0.29) is 0 Å². The van der Waals surface area contributed by atoms with Crippen molar-refractivity contribution in [1.82, 2.24) is 0 Å². The molecule has 48 valence electrons. The lowest BCUT2D eigenvalue weighted by molar-refractivity contribution is -0.193. The molecular weight excluding hydrogens is 112 g/mol. The van der Waals surface area contributed by atoms with Gasteiger partial charge in [0, 0.05) is 6.61 Å². The molecule has 0 spiro atoms. The van der Waals surface area contributed by atoms with E-state index in [2.05, 4.69) is 9.47 Å². The van der Waals surface area contributed by atoms with Gasteiger partial charge in [0.2, 0.25) is 6.29 Å². The van der Waals surface area contributed by atoms with Crippen LogP contribution in [-0.4, -0.2) is 29.1 Å². The van der Waals surface area contributed by atoms with Gasteiger partial charge in [0.25, 0.3) is 0 Å². The third-order valence-corrected chi connectivity index (χ3v) is 0.886. The first-order valence-electron chi connectivity index (χ1n) is 2.41. The molecule has 1 aliphatic rings. The molecule has 0 bridgehead atoms. The molecule has 0 saturated carbocycles. The van der Waals surface area contributed by atoms with Crippen LogP contribution in [0.25, 0.3) is 0 Å². The highest BCUT2D eigenvalue weighted by Gasteiger charge is 2.57. The SMILES string of the molecule is CCOC1(O)OC1O. The summed E-state index contributed by atoms with van der Waals surface area (Å²) in [5.41, 5.74) is 0. The fourth-order valence-corrected chi connectivity index (χ4v) is 0.438. The average molecular weight is 120 g/mol. The largest absolute Gasteiger partial charge is 0.362 e. The molecule has 8 heavy (non-hydrogen) atoms. The van der Waals surface area contributed by atoms with Gasteiger partial charge in [-0.05, 0) is 6.92 Å². The summed E-state index contributed by atoms with van der Waals surface area (Å²) in [4.78, 5) is 0. The zero-order chi connectivity index (χ0) is 6.20. The predicted molar refractivity (Wildman–Crippen MR) is 23.7 cm³/mol. The quantitative estimate of drug-likeness (QED) is 0.363. The number of aliphatic hydroxyl groups excluding tert-OH is 1. The van der Waals surface area contributed by atoms with Crippen molar-refractivity contribution in [3.05, 3.63) is 0 Å². The van der Waals surface area contributed by atoms with E-state index in [0.29, 0.717) is 6.61 Å². The van der Waals surface area contributed by atoms with E-state index in [0.717, 1.165) is 0 Å². The lowest BCUT2D eigenvalue weighted by atomic mass is 10.7. The third kappa shape index (κ3) is 0.830. The first-order chi connectivity index (χ1) is 3.69. The van der Waals surface area contributed by atoms with Gasteiger partial charge in [0.05, 0.1) is 0 Å². The molecular formula is C4H8O4. The zero-order valence-corrected chi connectivity index (χ0v) is 4.50. The summed E-state index contributed by atoms with van der Waals surface area (Å²) in [6.45, 7) is 2.03. The van der Waals surface area contributed by atoms with Crippen molar-refractivity contribution in [2.24, 2.45) is 0 Å². The van der Waals surface area contributed by atoms with E-state index in [1.54, 1.807) is 6.92 Å². The highest BCUT2D eigenvalue weighted by Crippen LogP contribution is 2.31. The number of ether oxygens (including phenoxy) is 2. The Hall–Kier alpha value is -0.160. The third-order valence-electron chi connectivity index (χ3n) is 0.886. The molecule has 0 aromatic carbocycles. The Morgan fingerprint density at radius 2 is 2.38 bits per heavy atom. The van der Waals surface area contributed by atoms with E-state index in [4.69, 9.17) is 10.2 Å². The molecule has 1 saturated heterocycles. The van der Waals surface area contributed by atoms with Gasteiger partial charge in [-0.1, -0.05) is 0 Å². The molecule has 0 aromatic heterocycles. The molecule has 1 rings (SSSR count). The Labute approximate surface area is 46.6 Å². The highest BCUT2D eigenvalue weighted by atomic mass is 17.0. The minimum atomic E-state index is -1.69. The summed E-state index contributed by atoms with van der Waals surface area (Å²) in [5, 5.41) is 17.1. The summed E-state index contributed by atoms with van der Waals surface area (Å²) >= 11 is 0. The van der Waals surface area contributed by atoms with E-state index in [1.807, 2.05) is 0 Å². The predicted octanol–water partition coefficient (Wildman–Crippen LogP) is -0.982. The molecule has 1 aliphatic heterocycles. The van der Waals surface area contributed by atoms with Crippen molar-refractivity contribution in [3.8, 4) is 0 Å². The fourth-order valence-electron chi connectivity index (χ4n) is 0.438. The average Bonchev–Trinajstić information content (AvgIpc) is 2.16. The molecule has 1 heterocycles. The molecule has 0 amide bonds. The van der Waals surface area contributed by atoms with Crippen LogP contribution in [0.3, 0.4) is 0 Å². The van der Waals surface area contributed by atoms with Gasteiger partial charge in [-0.25, -0.2) is 0 Å². The summed E-state index contributed by atoms with van der Waals surface area (Å²) in [6, 6.07) is 0. The van der Waals surface area contributed by atoms with Crippen LogP contribution in [0.2, 0.25) is 0 Å². The van der Waals surface area contributed by atoms with Crippen LogP contribution in [-0.2, 0) is 9.47 Å². The van der Waals surface area contributed by atoms with Gasteiger partial charge in [-0.15, -0.1) is 0 Å². The first-order valence-corrected chi connectivity index (χ1v) is 2.41. The maximum atomic E-state index is 8.70. The minimum absolute atomic E-state index is 0.327. The Morgan fingerprint density at radius 3 is 2.50 bits per heavy atom. The Balaban J connectivity index is 2.25. The monoisotopic (exact) mass is 120 g/mol. The van der Waals surface area contributed by atoms with E-state index < -0.39 is 12.3 Å². The number of aliphatic hydroxyl groups is 2. The summed E-state index contributed by atoms with van der Waals surface area (Å²) in [5.74, 6) is -1.69. The van der Waals surface area contributed by atoms with Crippen molar-refractivity contribution in [2.45, 2.75) is 19.2 Å². The normalized spacial score (nSPS) is 44.6. The van der Waals surface area contributed by atoms with Crippen LogP contribution in [0, 0.1) is 0 Å². The summed E-state index contributed by atoms with van der Waals surface area (Å²) in [7, 11) is 0. The van der Waals surface area contributed by atoms with Crippen LogP contribution in [0.5, 0.6) is 0 Å². The van der Waals surface area contributed by atoms with Gasteiger partial charge in [-0.2, -0.15) is 0 Å². The first kappa shape index (κ1) is 5.97. The molecule has 2 unspecified atom stereocenters. The van der Waals surface area contributed by atoms with Gasteiger partial charge in [0.1, 0.15) is 0 Å². The summed E-state index contributed by atoms with van der Waals surface area (Å²) < 4.78 is 8.77. The van der Waals surface area contributed by atoms with Crippen LogP contribution >= 0.6 is 0 Å². The second kappa shape index (κ2) is 1.66. The van der Waals surface area contributed by atoms with Gasteiger partial charge >= 0.3 is 5.97 Å². The lowest BCUT2D eigenvalue weighted by Crippen LogP contribution is -2.18. The Bertz CT molecular complexity index is 94.0. The molecule has 0 radical (unpaired) electrons. The fraction of sp³-hybridized carbons (Fsp3) is 1.00. The standard InChI is InChI=1S/C4H8O4/c1-2-7-4(6)3(5)8-4/h3,5-6H,2H2,1H3. The Kier molecular flexibility index (Phi) is 1.24. The number of epoxide rings is 1. The van der Waals surface area contributed by atoms with Gasteiger partial charge < -0.3 is 14.9 Å². The summed E-state index contributed by atoms with van der Waals surface area (Å²) in [6.07, 6.45) is -1.15. The van der Waals surface area contributed by atoms with Crippen molar-refractivity contribution >= 4 is 0 Å². The second-order valence-electron chi connectivity index (χ2n) is 1.53. The van der Waals surface area contributed by atoms with Gasteiger partial charge in [0.15, 0.2) is 0 Å². The molecule has 1 fully saturated rings. The highest BCUT2D eigenvalue weighted by molar-refractivity contribution is 4.72. The van der Waals surface area contributed by atoms with Gasteiger partial charge in [-0.3, -0.25) is 4.74 Å². The smallest absolute Gasteiger partial charge is 0.337 e. The van der Waals surface area contributed by atoms with Crippen molar-refractivity contribution in [3.63, 3.8) is 0 Å².